The highest BCUT2D eigenvalue weighted by Crippen LogP contribution is 2.64. The minimum atomic E-state index is -0.619. The molecule has 0 saturated heterocycles. The molecule has 24 heavy (non-hydrogen) atoms. The average molecular weight is 334 g/mol. The highest BCUT2D eigenvalue weighted by Gasteiger charge is 2.69. The molecule has 132 valence electrons. The van der Waals surface area contributed by atoms with Gasteiger partial charge >= 0.3 is 6.09 Å². The molecule has 0 aromatic rings. The van der Waals surface area contributed by atoms with Crippen molar-refractivity contribution in [3.8, 4) is 0 Å². The van der Waals surface area contributed by atoms with Crippen molar-refractivity contribution in [3.63, 3.8) is 0 Å². The van der Waals surface area contributed by atoms with Crippen LogP contribution in [0.15, 0.2) is 23.4 Å². The molecule has 0 radical (unpaired) electrons. The molecule has 3 aliphatic rings. The van der Waals surface area contributed by atoms with E-state index in [0.717, 1.165) is 5.57 Å². The van der Waals surface area contributed by atoms with Crippen molar-refractivity contribution in [2.75, 3.05) is 13.7 Å². The molecular formula is C18H26N2O4. The van der Waals surface area contributed by atoms with Crippen molar-refractivity contribution in [2.24, 2.45) is 11.8 Å². The first-order valence-corrected chi connectivity index (χ1v) is 8.37. The maximum atomic E-state index is 12.2. The van der Waals surface area contributed by atoms with Gasteiger partial charge in [-0.05, 0) is 45.0 Å². The molecule has 3 rings (SSSR count). The van der Waals surface area contributed by atoms with Crippen molar-refractivity contribution >= 4 is 12.0 Å². The van der Waals surface area contributed by atoms with E-state index in [1.54, 1.807) is 34.0 Å². The van der Waals surface area contributed by atoms with Gasteiger partial charge in [0.25, 0.3) is 5.91 Å². The van der Waals surface area contributed by atoms with Crippen LogP contribution in [-0.4, -0.2) is 47.8 Å². The number of methoxy groups -OCH3 is 1. The summed E-state index contributed by atoms with van der Waals surface area (Å²) in [6.45, 7) is 9.87. The lowest BCUT2D eigenvalue weighted by molar-refractivity contribution is -0.123. The van der Waals surface area contributed by atoms with Crippen molar-refractivity contribution < 1.29 is 19.1 Å². The number of rotatable bonds is 4. The zero-order valence-electron chi connectivity index (χ0n) is 15.2. The molecule has 1 aliphatic carbocycles. The van der Waals surface area contributed by atoms with Crippen molar-refractivity contribution in [2.45, 2.75) is 51.9 Å². The molecule has 1 fully saturated rings. The molecule has 0 unspecified atom stereocenters. The lowest BCUT2D eigenvalue weighted by atomic mass is 9.88. The molecular weight excluding hydrogens is 308 g/mol. The summed E-state index contributed by atoms with van der Waals surface area (Å²) in [5.41, 5.74) is 1.53. The quantitative estimate of drug-likeness (QED) is 0.854. The van der Waals surface area contributed by atoms with Crippen LogP contribution in [0.1, 0.15) is 34.6 Å². The summed E-state index contributed by atoms with van der Waals surface area (Å²) in [6, 6.07) is 0. The summed E-state index contributed by atoms with van der Waals surface area (Å²) < 4.78 is 10.8. The molecule has 6 heteroatoms. The van der Waals surface area contributed by atoms with Gasteiger partial charge in [0.15, 0.2) is 0 Å². The number of hydrogen-bond donors (Lipinski definition) is 1. The Hall–Kier alpha value is -1.82. The minimum absolute atomic E-state index is 0.103. The van der Waals surface area contributed by atoms with Crippen molar-refractivity contribution in [1.82, 2.24) is 10.2 Å². The fraction of sp³-hybridized carbons (Fsp3) is 0.667. The Bertz CT molecular complexity index is 646. The molecule has 0 aromatic carbocycles. The number of imide groups is 1. The third kappa shape index (κ3) is 2.44. The van der Waals surface area contributed by atoms with Crippen LogP contribution in [0.25, 0.3) is 0 Å². The van der Waals surface area contributed by atoms with E-state index in [4.69, 9.17) is 9.47 Å². The highest BCUT2D eigenvalue weighted by atomic mass is 16.6. The van der Waals surface area contributed by atoms with E-state index in [1.165, 1.54) is 10.5 Å². The zero-order valence-corrected chi connectivity index (χ0v) is 15.2. The van der Waals surface area contributed by atoms with E-state index in [1.807, 2.05) is 13.1 Å². The Morgan fingerprint density at radius 3 is 2.58 bits per heavy atom. The standard InChI is InChI=1S/C18H26N2O4/c1-10(11(2)23-6)18-13(8-19-18)15(18)12-7-14(21)20(9-12)16(22)24-17(3,4)5/h7-8,10-11,15,19H,9H2,1-6H3/t10-,11+,15+,18-/m1/s1. The van der Waals surface area contributed by atoms with Gasteiger partial charge in [-0.1, -0.05) is 6.92 Å². The van der Waals surface area contributed by atoms with Gasteiger partial charge in [-0.3, -0.25) is 4.79 Å². The van der Waals surface area contributed by atoms with Crippen LogP contribution in [-0.2, 0) is 14.3 Å². The SMILES string of the molecule is CO[C@@H](C)[C@@H](C)[C@@]12NC=C1[C@@H]2C1=CC(=O)N(C(=O)OC(C)(C)C)C1. The number of nitrogens with one attached hydrogen (secondary N) is 1. The normalized spacial score (nSPS) is 30.5. The summed E-state index contributed by atoms with van der Waals surface area (Å²) in [6.07, 6.45) is 3.11. The molecule has 0 bridgehead atoms. The van der Waals surface area contributed by atoms with Crippen LogP contribution in [0.5, 0.6) is 0 Å². The van der Waals surface area contributed by atoms with Gasteiger partial charge in [0.1, 0.15) is 5.60 Å². The van der Waals surface area contributed by atoms with E-state index in [-0.39, 0.29) is 29.4 Å². The number of hydrogen-bond acceptors (Lipinski definition) is 5. The number of nitrogens with zero attached hydrogens (tertiary/aromatic N) is 1. The van der Waals surface area contributed by atoms with Crippen LogP contribution >= 0.6 is 0 Å². The molecule has 2 amide bonds. The summed E-state index contributed by atoms with van der Waals surface area (Å²) in [5.74, 6) is 0.148. The van der Waals surface area contributed by atoms with Gasteiger partial charge in [0.2, 0.25) is 0 Å². The maximum absolute atomic E-state index is 12.2. The van der Waals surface area contributed by atoms with Gasteiger partial charge in [0.05, 0.1) is 18.2 Å². The van der Waals surface area contributed by atoms with Crippen LogP contribution < -0.4 is 5.32 Å². The van der Waals surface area contributed by atoms with Crippen molar-refractivity contribution in [3.05, 3.63) is 23.4 Å². The molecule has 2 heterocycles. The van der Waals surface area contributed by atoms with Gasteiger partial charge in [0, 0.05) is 25.0 Å². The number of amides is 2. The smallest absolute Gasteiger partial charge is 0.417 e. The fourth-order valence-corrected chi connectivity index (χ4v) is 3.77. The Labute approximate surface area is 142 Å². The van der Waals surface area contributed by atoms with Gasteiger partial charge in [-0.15, -0.1) is 0 Å². The first-order valence-electron chi connectivity index (χ1n) is 8.37. The van der Waals surface area contributed by atoms with E-state index in [9.17, 15) is 9.59 Å². The third-order valence-corrected chi connectivity index (χ3v) is 5.32. The first kappa shape index (κ1) is 17.0. The lowest BCUT2D eigenvalue weighted by Crippen LogP contribution is -2.46. The Morgan fingerprint density at radius 1 is 1.42 bits per heavy atom. The number of fused-ring (bicyclic) bond motifs is 1. The monoisotopic (exact) mass is 334 g/mol. The first-order chi connectivity index (χ1) is 11.1. The number of ether oxygens (including phenoxy) is 2. The van der Waals surface area contributed by atoms with Crippen molar-refractivity contribution in [1.29, 1.82) is 0 Å². The number of carbonyl (C=O) groups is 2. The average Bonchev–Trinajstić information content (AvgIpc) is 2.77. The van der Waals surface area contributed by atoms with Crippen LogP contribution in [0, 0.1) is 11.8 Å². The van der Waals surface area contributed by atoms with E-state index in [0.29, 0.717) is 6.54 Å². The fourth-order valence-electron chi connectivity index (χ4n) is 3.77. The third-order valence-electron chi connectivity index (χ3n) is 5.32. The lowest BCUT2D eigenvalue weighted by Gasteiger charge is -2.32. The largest absolute Gasteiger partial charge is 0.443 e. The maximum Gasteiger partial charge on any atom is 0.417 e. The summed E-state index contributed by atoms with van der Waals surface area (Å²) >= 11 is 0. The van der Waals surface area contributed by atoms with Gasteiger partial charge in [-0.25, -0.2) is 9.69 Å². The predicted octanol–water partition coefficient (Wildman–Crippen LogP) is 2.22. The summed E-state index contributed by atoms with van der Waals surface area (Å²) in [5, 5.41) is 3.41. The van der Waals surface area contributed by atoms with Gasteiger partial charge in [-0.2, -0.15) is 0 Å². The Morgan fingerprint density at radius 2 is 2.08 bits per heavy atom. The molecule has 0 spiro atoms. The predicted molar refractivity (Wildman–Crippen MR) is 89.1 cm³/mol. The van der Waals surface area contributed by atoms with Crippen LogP contribution in [0.3, 0.4) is 0 Å². The summed E-state index contributed by atoms with van der Waals surface area (Å²) in [4.78, 5) is 25.6. The second-order valence-electron chi connectivity index (χ2n) is 7.90. The number of carbonyl (C=O) groups excluding carboxylic acids is 2. The second-order valence-corrected chi connectivity index (χ2v) is 7.90. The molecule has 6 nitrogen and oxygen atoms in total. The molecule has 1 saturated carbocycles. The topological polar surface area (TPSA) is 67.9 Å². The molecule has 0 aromatic heterocycles. The zero-order chi connectivity index (χ0) is 17.9. The second kappa shape index (κ2) is 5.34. The Kier molecular flexibility index (Phi) is 3.79. The van der Waals surface area contributed by atoms with E-state index in [2.05, 4.69) is 12.2 Å². The van der Waals surface area contributed by atoms with Crippen LogP contribution in [0.2, 0.25) is 0 Å². The summed E-state index contributed by atoms with van der Waals surface area (Å²) in [7, 11) is 1.71. The minimum Gasteiger partial charge on any atom is -0.443 e. The van der Waals surface area contributed by atoms with Gasteiger partial charge < -0.3 is 14.8 Å². The Balaban J connectivity index is 1.71. The molecule has 1 N–H and O–H groups in total. The van der Waals surface area contributed by atoms with E-state index >= 15 is 0 Å². The van der Waals surface area contributed by atoms with E-state index < -0.39 is 11.7 Å². The highest BCUT2D eigenvalue weighted by molar-refractivity contribution is 6.02. The molecule has 4 atom stereocenters. The molecule has 2 aliphatic heterocycles. The van der Waals surface area contributed by atoms with Crippen LogP contribution in [0.4, 0.5) is 4.79 Å².